The second-order valence-corrected chi connectivity index (χ2v) is 9.74. The topological polar surface area (TPSA) is 115 Å². The number of rotatable bonds is 12. The van der Waals surface area contributed by atoms with Gasteiger partial charge in [-0.25, -0.2) is 9.40 Å². The van der Waals surface area contributed by atoms with Crippen LogP contribution in [-0.2, 0) is 29.3 Å². The molecule has 0 bridgehead atoms. The number of carbonyl (C=O) groups excluding carboxylic acids is 2. The zero-order chi connectivity index (χ0) is 27.9. The number of aryl methyl sites for hydroxylation is 1. The van der Waals surface area contributed by atoms with Crippen molar-refractivity contribution in [2.24, 2.45) is 0 Å². The summed E-state index contributed by atoms with van der Waals surface area (Å²) in [7, 11) is 1.69. The Kier molecular flexibility index (Phi) is 9.26. The molecule has 10 nitrogen and oxygen atoms in total. The van der Waals surface area contributed by atoms with Gasteiger partial charge in [-0.05, 0) is 48.2 Å². The van der Waals surface area contributed by atoms with Crippen LogP contribution < -0.4 is 10.2 Å². The van der Waals surface area contributed by atoms with Crippen LogP contribution in [-0.4, -0.2) is 63.8 Å². The van der Waals surface area contributed by atoms with Crippen LogP contribution in [0.1, 0.15) is 48.8 Å². The van der Waals surface area contributed by atoms with Crippen molar-refractivity contribution in [3.63, 3.8) is 0 Å². The van der Waals surface area contributed by atoms with Crippen molar-refractivity contribution >= 4 is 17.5 Å². The second-order valence-electron chi connectivity index (χ2n) is 9.74. The molecular formula is C28H35FN6O4. The van der Waals surface area contributed by atoms with Crippen LogP contribution in [0, 0.1) is 12.7 Å². The summed E-state index contributed by atoms with van der Waals surface area (Å²) in [4.78, 5) is 32.3. The van der Waals surface area contributed by atoms with Crippen molar-refractivity contribution < 1.29 is 23.6 Å². The summed E-state index contributed by atoms with van der Waals surface area (Å²) >= 11 is 0. The fourth-order valence-electron chi connectivity index (χ4n) is 4.56. The van der Waals surface area contributed by atoms with E-state index in [1.54, 1.807) is 18.0 Å². The number of anilines is 1. The molecular weight excluding hydrogens is 503 g/mol. The third-order valence-electron chi connectivity index (χ3n) is 6.83. The van der Waals surface area contributed by atoms with Crippen molar-refractivity contribution in [1.29, 1.82) is 0 Å². The Balaban J connectivity index is 1.54. The molecule has 2 amide bonds. The largest absolute Gasteiger partial charge is 0.387 e. The lowest BCUT2D eigenvalue weighted by molar-refractivity contribution is -0.145. The summed E-state index contributed by atoms with van der Waals surface area (Å²) in [6, 6.07) is 10.2. The minimum atomic E-state index is -0.371. The zero-order valence-electron chi connectivity index (χ0n) is 22.6. The van der Waals surface area contributed by atoms with E-state index in [-0.39, 0.29) is 43.2 Å². The number of carbonyl (C=O) groups is 2. The SMILES string of the molecule is CCCCCNC(=O)CN(CC(=O)N(C)N1Cc2ccc(F)cc2C1)c1cc(-c2noc(CO)n2)ccc1C. The Morgan fingerprint density at radius 2 is 1.92 bits per heavy atom. The third kappa shape index (κ3) is 6.98. The highest BCUT2D eigenvalue weighted by Crippen LogP contribution is 2.28. The molecule has 0 saturated heterocycles. The van der Waals surface area contributed by atoms with E-state index < -0.39 is 0 Å². The lowest BCUT2D eigenvalue weighted by Gasteiger charge is -2.32. The van der Waals surface area contributed by atoms with Crippen molar-refractivity contribution in [3.8, 4) is 11.4 Å². The van der Waals surface area contributed by atoms with Crippen LogP contribution in [0.3, 0.4) is 0 Å². The van der Waals surface area contributed by atoms with Gasteiger partial charge in [0.25, 0.3) is 11.8 Å². The molecule has 0 unspecified atom stereocenters. The van der Waals surface area contributed by atoms with Gasteiger partial charge in [0.05, 0.1) is 13.1 Å². The highest BCUT2D eigenvalue weighted by atomic mass is 19.1. The lowest BCUT2D eigenvalue weighted by atomic mass is 10.1. The van der Waals surface area contributed by atoms with Crippen LogP contribution in [0.4, 0.5) is 10.1 Å². The number of unbranched alkanes of at least 4 members (excludes halogenated alkanes) is 2. The molecule has 4 rings (SSSR count). The molecule has 11 heteroatoms. The first-order valence-corrected chi connectivity index (χ1v) is 13.1. The van der Waals surface area contributed by atoms with Crippen LogP contribution >= 0.6 is 0 Å². The number of aliphatic hydroxyl groups is 1. The molecule has 1 aromatic heterocycles. The van der Waals surface area contributed by atoms with Crippen molar-refractivity contribution in [2.75, 3.05) is 31.6 Å². The molecule has 2 N–H and O–H groups in total. The van der Waals surface area contributed by atoms with Crippen LogP contribution in [0.2, 0.25) is 0 Å². The van der Waals surface area contributed by atoms with E-state index in [0.29, 0.717) is 36.7 Å². The average Bonchev–Trinajstić information content (AvgIpc) is 3.57. The minimum absolute atomic E-state index is 0.0183. The molecule has 0 atom stereocenters. The molecule has 3 aromatic rings. The Morgan fingerprint density at radius 1 is 1.13 bits per heavy atom. The first-order chi connectivity index (χ1) is 18.8. The summed E-state index contributed by atoms with van der Waals surface area (Å²) in [6.45, 7) is 5.05. The van der Waals surface area contributed by atoms with E-state index >= 15 is 0 Å². The number of benzene rings is 2. The van der Waals surface area contributed by atoms with E-state index in [2.05, 4.69) is 22.4 Å². The first-order valence-electron chi connectivity index (χ1n) is 13.1. The number of nitrogens with one attached hydrogen (secondary N) is 1. The van der Waals surface area contributed by atoms with Crippen LogP contribution in [0.15, 0.2) is 40.9 Å². The predicted octanol–water partition coefficient (Wildman–Crippen LogP) is 3.18. The fourth-order valence-corrected chi connectivity index (χ4v) is 4.56. The summed E-state index contributed by atoms with van der Waals surface area (Å²) in [5.74, 6) is -0.302. The smallest absolute Gasteiger partial charge is 0.256 e. The number of aliphatic hydroxyl groups excluding tert-OH is 1. The van der Waals surface area contributed by atoms with Gasteiger partial charge in [-0.3, -0.25) is 14.6 Å². The van der Waals surface area contributed by atoms with Crippen molar-refractivity contribution in [3.05, 3.63) is 64.8 Å². The van der Waals surface area contributed by atoms with Gasteiger partial charge in [-0.15, -0.1) is 0 Å². The molecule has 0 saturated carbocycles. The Labute approximate surface area is 227 Å². The number of aromatic nitrogens is 2. The normalized spacial score (nSPS) is 12.8. The maximum absolute atomic E-state index is 13.7. The van der Waals surface area contributed by atoms with Gasteiger partial charge in [0.1, 0.15) is 12.4 Å². The number of hydrazine groups is 1. The van der Waals surface area contributed by atoms with Gasteiger partial charge in [-0.2, -0.15) is 4.98 Å². The average molecular weight is 539 g/mol. The summed E-state index contributed by atoms with van der Waals surface area (Å²) in [6.07, 6.45) is 2.96. The Bertz CT molecular complexity index is 1310. The molecule has 0 aliphatic carbocycles. The standard InChI is InChI=1S/C28H35FN6O4/c1-4-5-6-11-30-25(37)16-34(24-13-20(8-7-19(24)2)28-31-26(18-36)39-32-28)17-27(38)33(3)35-14-21-9-10-23(29)12-22(21)15-35/h7-10,12-13,36H,4-6,11,14-18H2,1-3H3,(H,30,37). The lowest BCUT2D eigenvalue weighted by Crippen LogP contribution is -2.48. The zero-order valence-corrected chi connectivity index (χ0v) is 22.6. The second kappa shape index (κ2) is 12.8. The maximum Gasteiger partial charge on any atom is 0.256 e. The van der Waals surface area contributed by atoms with Gasteiger partial charge >= 0.3 is 0 Å². The molecule has 0 radical (unpaired) electrons. The molecule has 0 spiro atoms. The number of fused-ring (bicyclic) bond motifs is 1. The molecule has 2 aromatic carbocycles. The third-order valence-corrected chi connectivity index (χ3v) is 6.83. The first kappa shape index (κ1) is 28.2. The van der Waals surface area contributed by atoms with Crippen molar-refractivity contribution in [1.82, 2.24) is 25.5 Å². The van der Waals surface area contributed by atoms with E-state index in [0.717, 1.165) is 36.0 Å². The summed E-state index contributed by atoms with van der Waals surface area (Å²) < 4.78 is 18.7. The van der Waals surface area contributed by atoms with E-state index in [9.17, 15) is 19.1 Å². The molecule has 0 fully saturated rings. The maximum atomic E-state index is 13.7. The van der Waals surface area contributed by atoms with Gasteiger partial charge < -0.3 is 19.8 Å². The summed E-state index contributed by atoms with van der Waals surface area (Å²) in [5, 5.41) is 19.6. The van der Waals surface area contributed by atoms with Gasteiger partial charge in [0.15, 0.2) is 0 Å². The number of hydrogen-bond acceptors (Lipinski definition) is 8. The van der Waals surface area contributed by atoms with Gasteiger partial charge in [0.2, 0.25) is 11.7 Å². The number of hydrogen-bond donors (Lipinski definition) is 2. The molecule has 208 valence electrons. The van der Waals surface area contributed by atoms with E-state index in [4.69, 9.17) is 4.52 Å². The number of halogens is 1. The minimum Gasteiger partial charge on any atom is -0.387 e. The van der Waals surface area contributed by atoms with Gasteiger partial charge in [-0.1, -0.05) is 43.1 Å². The highest BCUT2D eigenvalue weighted by Gasteiger charge is 2.27. The Morgan fingerprint density at radius 3 is 2.67 bits per heavy atom. The number of amides is 2. The number of nitrogens with zero attached hydrogens (tertiary/aromatic N) is 5. The number of likely N-dealkylation sites (N-methyl/N-ethyl adjacent to an activating group) is 1. The predicted molar refractivity (Wildman–Crippen MR) is 144 cm³/mol. The van der Waals surface area contributed by atoms with Crippen molar-refractivity contribution in [2.45, 2.75) is 52.8 Å². The molecule has 1 aliphatic rings. The van der Waals surface area contributed by atoms with E-state index in [1.165, 1.54) is 17.1 Å². The fraction of sp³-hybridized carbons (Fsp3) is 0.429. The molecule has 2 heterocycles. The monoisotopic (exact) mass is 538 g/mol. The van der Waals surface area contributed by atoms with Crippen LogP contribution in [0.25, 0.3) is 11.4 Å². The quantitative estimate of drug-likeness (QED) is 0.338. The Hall–Kier alpha value is -3.83. The van der Waals surface area contributed by atoms with Gasteiger partial charge in [0, 0.05) is 37.9 Å². The van der Waals surface area contributed by atoms with Crippen LogP contribution in [0.5, 0.6) is 0 Å². The van der Waals surface area contributed by atoms with E-state index in [1.807, 2.05) is 30.1 Å². The highest BCUT2D eigenvalue weighted by molar-refractivity contribution is 5.87. The summed E-state index contributed by atoms with van der Waals surface area (Å²) in [5.41, 5.74) is 4.00. The molecule has 1 aliphatic heterocycles. The molecule has 39 heavy (non-hydrogen) atoms.